The smallest absolute Gasteiger partial charge is 0.265 e. The Bertz CT molecular complexity index is 1170. The number of carbonyl (C=O) groups excluding carboxylic acids is 1. The molecule has 3 rings (SSSR count). The molecule has 2 N–H and O–H groups in total. The van der Waals surface area contributed by atoms with E-state index in [1.54, 1.807) is 54.6 Å². The van der Waals surface area contributed by atoms with Crippen molar-refractivity contribution in [1.29, 1.82) is 0 Å². The van der Waals surface area contributed by atoms with Gasteiger partial charge in [-0.15, -0.1) is 0 Å². The third-order valence-electron chi connectivity index (χ3n) is 4.13. The number of ether oxygens (including phenoxy) is 1. The van der Waals surface area contributed by atoms with Gasteiger partial charge in [-0.3, -0.25) is 9.52 Å². The van der Waals surface area contributed by atoms with E-state index in [2.05, 4.69) is 10.0 Å². The van der Waals surface area contributed by atoms with Crippen LogP contribution in [0.2, 0.25) is 10.0 Å². The summed E-state index contributed by atoms with van der Waals surface area (Å²) in [4.78, 5) is 12.2. The summed E-state index contributed by atoms with van der Waals surface area (Å²) in [6.45, 7) is 0. The first-order chi connectivity index (χ1) is 14.3. The van der Waals surface area contributed by atoms with E-state index >= 15 is 0 Å². The lowest BCUT2D eigenvalue weighted by Gasteiger charge is -2.14. The van der Waals surface area contributed by atoms with Crippen molar-refractivity contribution in [2.24, 2.45) is 0 Å². The van der Waals surface area contributed by atoms with Crippen molar-refractivity contribution in [3.8, 4) is 5.75 Å². The van der Waals surface area contributed by atoms with E-state index in [9.17, 15) is 13.2 Å². The summed E-state index contributed by atoms with van der Waals surface area (Å²) in [5, 5.41) is 3.53. The lowest BCUT2D eigenvalue weighted by Crippen LogP contribution is -2.17. The molecule has 0 spiro atoms. The van der Waals surface area contributed by atoms with Crippen molar-refractivity contribution in [3.63, 3.8) is 0 Å². The molecule has 0 saturated heterocycles. The third kappa shape index (κ3) is 5.44. The van der Waals surface area contributed by atoms with Crippen LogP contribution in [-0.2, 0) is 21.2 Å². The molecule has 0 unspecified atom stereocenters. The van der Waals surface area contributed by atoms with Crippen LogP contribution in [0.5, 0.6) is 5.75 Å². The van der Waals surface area contributed by atoms with E-state index in [0.29, 0.717) is 10.7 Å². The second-order valence-corrected chi connectivity index (χ2v) is 8.80. The Morgan fingerprint density at radius 3 is 2.37 bits per heavy atom. The number of rotatable bonds is 7. The van der Waals surface area contributed by atoms with Gasteiger partial charge in [0, 0.05) is 10.7 Å². The molecule has 0 saturated carbocycles. The number of benzene rings is 3. The molecule has 1 amide bonds. The number of sulfonamides is 1. The minimum Gasteiger partial charge on any atom is -0.495 e. The highest BCUT2D eigenvalue weighted by Gasteiger charge is 2.22. The van der Waals surface area contributed by atoms with Crippen molar-refractivity contribution in [2.45, 2.75) is 11.3 Å². The second-order valence-electron chi connectivity index (χ2n) is 6.30. The Morgan fingerprint density at radius 1 is 1.00 bits per heavy atom. The second kappa shape index (κ2) is 9.38. The lowest BCUT2D eigenvalue weighted by molar-refractivity contribution is -0.115. The summed E-state index contributed by atoms with van der Waals surface area (Å²) >= 11 is 11.9. The fourth-order valence-corrected chi connectivity index (χ4v) is 4.34. The Morgan fingerprint density at radius 2 is 1.70 bits per heavy atom. The molecule has 0 bridgehead atoms. The average molecular weight is 465 g/mol. The molecule has 30 heavy (non-hydrogen) atoms. The van der Waals surface area contributed by atoms with E-state index in [4.69, 9.17) is 27.9 Å². The van der Waals surface area contributed by atoms with Crippen LogP contribution in [0.1, 0.15) is 5.56 Å². The Balaban J connectivity index is 1.83. The van der Waals surface area contributed by atoms with Gasteiger partial charge in [0.2, 0.25) is 5.91 Å². The van der Waals surface area contributed by atoms with Gasteiger partial charge in [0.1, 0.15) is 10.6 Å². The van der Waals surface area contributed by atoms with Crippen LogP contribution in [0.25, 0.3) is 0 Å². The van der Waals surface area contributed by atoms with E-state index in [1.807, 2.05) is 0 Å². The van der Waals surface area contributed by atoms with Gasteiger partial charge in [-0.1, -0.05) is 47.5 Å². The highest BCUT2D eigenvalue weighted by Crippen LogP contribution is 2.30. The SMILES string of the molecule is COc1ccc(NC(=O)Cc2ccc(Cl)cc2)cc1S(=O)(=O)Nc1ccccc1Cl. The molecule has 0 aliphatic carbocycles. The van der Waals surface area contributed by atoms with Gasteiger partial charge in [0.15, 0.2) is 0 Å². The van der Waals surface area contributed by atoms with Crippen molar-refractivity contribution in [3.05, 3.63) is 82.3 Å². The van der Waals surface area contributed by atoms with Crippen LogP contribution in [0.15, 0.2) is 71.6 Å². The zero-order valence-corrected chi connectivity index (χ0v) is 18.2. The molecule has 9 heteroatoms. The highest BCUT2D eigenvalue weighted by molar-refractivity contribution is 7.92. The van der Waals surface area contributed by atoms with E-state index in [0.717, 1.165) is 5.56 Å². The average Bonchev–Trinajstić information content (AvgIpc) is 2.71. The number of anilines is 2. The Labute approximate surface area is 184 Å². The minimum absolute atomic E-state index is 0.114. The number of para-hydroxylation sites is 1. The fourth-order valence-electron chi connectivity index (χ4n) is 2.70. The summed E-state index contributed by atoms with van der Waals surface area (Å²) in [7, 11) is -2.66. The zero-order chi connectivity index (χ0) is 21.7. The molecule has 0 fully saturated rings. The molecule has 0 aliphatic rings. The van der Waals surface area contributed by atoms with Gasteiger partial charge in [0.05, 0.1) is 24.2 Å². The zero-order valence-electron chi connectivity index (χ0n) is 15.9. The summed E-state index contributed by atoms with van der Waals surface area (Å²) < 4.78 is 33.5. The normalized spacial score (nSPS) is 11.0. The first-order valence-electron chi connectivity index (χ1n) is 8.78. The van der Waals surface area contributed by atoms with E-state index in [1.165, 1.54) is 19.2 Å². The summed E-state index contributed by atoms with van der Waals surface area (Å²) in [5.41, 5.74) is 1.33. The predicted molar refractivity (Wildman–Crippen MR) is 119 cm³/mol. The number of carbonyl (C=O) groups is 1. The van der Waals surface area contributed by atoms with Gasteiger partial charge in [-0.2, -0.15) is 0 Å². The molecule has 0 radical (unpaired) electrons. The summed E-state index contributed by atoms with van der Waals surface area (Å²) in [6.07, 6.45) is 0.114. The predicted octanol–water partition coefficient (Wildman–Crippen LogP) is 4.98. The Hall–Kier alpha value is -2.74. The molecule has 6 nitrogen and oxygen atoms in total. The van der Waals surface area contributed by atoms with Crippen molar-refractivity contribution in [1.82, 2.24) is 0 Å². The molecule has 0 atom stereocenters. The number of halogens is 2. The number of nitrogens with one attached hydrogen (secondary N) is 2. The van der Waals surface area contributed by atoms with Crippen LogP contribution in [0.3, 0.4) is 0 Å². The molecule has 0 heterocycles. The number of hydrogen-bond acceptors (Lipinski definition) is 4. The maximum Gasteiger partial charge on any atom is 0.265 e. The number of hydrogen-bond donors (Lipinski definition) is 2. The van der Waals surface area contributed by atoms with Crippen molar-refractivity contribution in [2.75, 3.05) is 17.1 Å². The molecule has 0 aromatic heterocycles. The topological polar surface area (TPSA) is 84.5 Å². The van der Waals surface area contributed by atoms with Crippen LogP contribution in [-0.4, -0.2) is 21.4 Å². The van der Waals surface area contributed by atoms with Crippen molar-refractivity contribution >= 4 is 50.5 Å². The largest absolute Gasteiger partial charge is 0.495 e. The lowest BCUT2D eigenvalue weighted by atomic mass is 10.1. The Kier molecular flexibility index (Phi) is 6.87. The summed E-state index contributed by atoms with van der Waals surface area (Å²) in [5.74, 6) is -0.171. The van der Waals surface area contributed by atoms with Gasteiger partial charge >= 0.3 is 0 Å². The van der Waals surface area contributed by atoms with Gasteiger partial charge in [0.25, 0.3) is 10.0 Å². The molecular formula is C21H18Cl2N2O4S. The maximum absolute atomic E-state index is 12.9. The van der Waals surface area contributed by atoms with Crippen LogP contribution in [0.4, 0.5) is 11.4 Å². The molecule has 3 aromatic rings. The van der Waals surface area contributed by atoms with Crippen LogP contribution < -0.4 is 14.8 Å². The quantitative estimate of drug-likeness (QED) is 0.515. The van der Waals surface area contributed by atoms with Gasteiger partial charge in [-0.05, 0) is 48.0 Å². The van der Waals surface area contributed by atoms with E-state index < -0.39 is 10.0 Å². The molecular weight excluding hydrogens is 447 g/mol. The maximum atomic E-state index is 12.9. The molecule has 0 aliphatic heterocycles. The van der Waals surface area contributed by atoms with Crippen LogP contribution >= 0.6 is 23.2 Å². The first kappa shape index (κ1) is 22.0. The fraction of sp³-hybridized carbons (Fsp3) is 0.0952. The molecule has 3 aromatic carbocycles. The van der Waals surface area contributed by atoms with Gasteiger partial charge < -0.3 is 10.1 Å². The van der Waals surface area contributed by atoms with Gasteiger partial charge in [-0.25, -0.2) is 8.42 Å². The van der Waals surface area contributed by atoms with Crippen LogP contribution in [0, 0.1) is 0 Å². The highest BCUT2D eigenvalue weighted by atomic mass is 35.5. The first-order valence-corrected chi connectivity index (χ1v) is 11.0. The molecule has 156 valence electrons. The summed E-state index contributed by atoms with van der Waals surface area (Å²) in [6, 6.07) is 17.7. The van der Waals surface area contributed by atoms with Crippen molar-refractivity contribution < 1.29 is 17.9 Å². The number of amides is 1. The standard InChI is InChI=1S/C21H18Cl2N2O4S/c1-29-19-11-10-16(24-21(26)12-14-6-8-15(22)9-7-14)13-20(19)30(27,28)25-18-5-3-2-4-17(18)23/h2-11,13,25H,12H2,1H3,(H,24,26). The minimum atomic E-state index is -4.03. The third-order valence-corrected chi connectivity index (χ3v) is 6.10. The monoisotopic (exact) mass is 464 g/mol. The van der Waals surface area contributed by atoms with E-state index in [-0.39, 0.29) is 33.7 Å². The number of methoxy groups -OCH3 is 1.